The Kier molecular flexibility index (Phi) is 5.41. The molecule has 0 unspecified atom stereocenters. The molecule has 2 aromatic rings. The summed E-state index contributed by atoms with van der Waals surface area (Å²) < 4.78 is 1.88. The van der Waals surface area contributed by atoms with E-state index in [0.29, 0.717) is 12.1 Å². The van der Waals surface area contributed by atoms with E-state index in [4.69, 9.17) is 0 Å². The molecule has 0 fully saturated rings. The number of fused-ring (bicyclic) bond motifs is 1. The summed E-state index contributed by atoms with van der Waals surface area (Å²) in [5.74, 6) is 2.36. The predicted octanol–water partition coefficient (Wildman–Crippen LogP) is 2.64. The van der Waals surface area contributed by atoms with Crippen LogP contribution < -0.4 is 5.32 Å². The van der Waals surface area contributed by atoms with Gasteiger partial charge in [0.2, 0.25) is 0 Å². The normalized spacial score (nSPS) is 19.4. The molecule has 4 nitrogen and oxygen atoms in total. The van der Waals surface area contributed by atoms with E-state index in [1.54, 1.807) is 0 Å². The van der Waals surface area contributed by atoms with Crippen LogP contribution in [0.2, 0.25) is 0 Å². The lowest BCUT2D eigenvalue weighted by atomic mass is 9.99. The summed E-state index contributed by atoms with van der Waals surface area (Å²) in [6.45, 7) is 0.929. The third-order valence-corrected chi connectivity index (χ3v) is 5.58. The Labute approximate surface area is 143 Å². The van der Waals surface area contributed by atoms with E-state index in [1.165, 1.54) is 28.9 Å². The summed E-state index contributed by atoms with van der Waals surface area (Å²) in [6.07, 6.45) is 5.27. The van der Waals surface area contributed by atoms with Crippen molar-refractivity contribution in [3.05, 3.63) is 53.3 Å². The van der Waals surface area contributed by atoms with E-state index in [-0.39, 0.29) is 0 Å². The Morgan fingerprint density at radius 2 is 2.22 bits per heavy atom. The third kappa shape index (κ3) is 3.97. The highest BCUT2D eigenvalue weighted by atomic mass is 32.2. The minimum atomic E-state index is 0.337. The molecule has 1 aromatic heterocycles. The zero-order valence-corrected chi connectivity index (χ0v) is 15.0. The van der Waals surface area contributed by atoms with Gasteiger partial charge in [-0.2, -0.15) is 16.9 Å². The van der Waals surface area contributed by atoms with Gasteiger partial charge >= 0.3 is 0 Å². The number of aryl methyl sites for hydroxylation is 2. The van der Waals surface area contributed by atoms with Gasteiger partial charge in [0.15, 0.2) is 0 Å². The molecule has 0 radical (unpaired) electrons. The Morgan fingerprint density at radius 1 is 1.39 bits per heavy atom. The highest BCUT2D eigenvalue weighted by molar-refractivity contribution is 7.99. The highest BCUT2D eigenvalue weighted by Gasteiger charge is 2.21. The first-order chi connectivity index (χ1) is 11.1. The zero-order chi connectivity index (χ0) is 16.2. The van der Waals surface area contributed by atoms with Crippen LogP contribution >= 0.6 is 11.8 Å². The molecule has 0 aliphatic carbocycles. The van der Waals surface area contributed by atoms with E-state index < -0.39 is 0 Å². The second-order valence-electron chi connectivity index (χ2n) is 6.41. The van der Waals surface area contributed by atoms with Crippen LogP contribution in [-0.2, 0) is 13.5 Å². The van der Waals surface area contributed by atoms with Crippen molar-refractivity contribution >= 4 is 11.8 Å². The van der Waals surface area contributed by atoms with Crippen LogP contribution in [0.25, 0.3) is 0 Å². The van der Waals surface area contributed by atoms with Gasteiger partial charge in [-0.3, -0.25) is 4.68 Å². The number of likely N-dealkylation sites (N-methyl/N-ethyl adjacent to an activating group) is 1. The Balaban J connectivity index is 1.73. The smallest absolute Gasteiger partial charge is 0.0538 e. The van der Waals surface area contributed by atoms with Crippen molar-refractivity contribution < 1.29 is 0 Å². The van der Waals surface area contributed by atoms with Crippen LogP contribution in [0.15, 0.2) is 36.7 Å². The van der Waals surface area contributed by atoms with Gasteiger partial charge in [0, 0.05) is 43.2 Å². The van der Waals surface area contributed by atoms with Gasteiger partial charge in [-0.25, -0.2) is 0 Å². The molecule has 3 rings (SSSR count). The number of thioether (sulfide) groups is 1. The quantitative estimate of drug-likeness (QED) is 0.914. The topological polar surface area (TPSA) is 33.1 Å². The molecule has 0 saturated heterocycles. The van der Waals surface area contributed by atoms with Crippen molar-refractivity contribution in [3.63, 3.8) is 0 Å². The maximum atomic E-state index is 4.32. The van der Waals surface area contributed by atoms with Gasteiger partial charge in [0.1, 0.15) is 0 Å². The van der Waals surface area contributed by atoms with Crippen LogP contribution in [0.3, 0.4) is 0 Å². The number of benzene rings is 1. The molecule has 1 aliphatic heterocycles. The second-order valence-corrected chi connectivity index (χ2v) is 7.56. The van der Waals surface area contributed by atoms with Crippen LogP contribution in [0.1, 0.15) is 28.8 Å². The maximum Gasteiger partial charge on any atom is 0.0538 e. The average molecular weight is 331 g/mol. The first-order valence-corrected chi connectivity index (χ1v) is 9.34. The summed E-state index contributed by atoms with van der Waals surface area (Å²) in [4.78, 5) is 2.26. The molecule has 124 valence electrons. The highest BCUT2D eigenvalue weighted by Crippen LogP contribution is 2.28. The lowest BCUT2D eigenvalue weighted by Gasteiger charge is -2.27. The van der Waals surface area contributed by atoms with Crippen LogP contribution in [0.4, 0.5) is 0 Å². The number of hydrogen-bond acceptors (Lipinski definition) is 4. The lowest BCUT2D eigenvalue weighted by molar-refractivity contribution is 0.282. The fourth-order valence-electron chi connectivity index (χ4n) is 3.21. The molecular formula is C18H26N4S. The third-order valence-electron chi connectivity index (χ3n) is 4.52. The molecule has 0 amide bonds. The summed E-state index contributed by atoms with van der Waals surface area (Å²) >= 11 is 2.05. The standard InChI is InChI=1S/C18H26N4S/c1-21(2)18(15-10-20-22(3)12-15)11-19-17-13-23-9-8-14-6-4-5-7-16(14)17/h4-7,10,12,17-19H,8-9,11,13H2,1-3H3/t17-,18+/m0/s1. The van der Waals surface area contributed by atoms with Crippen LogP contribution in [0, 0.1) is 0 Å². The molecule has 2 atom stereocenters. The lowest BCUT2D eigenvalue weighted by Crippen LogP contribution is -2.34. The zero-order valence-electron chi connectivity index (χ0n) is 14.2. The van der Waals surface area contributed by atoms with Gasteiger partial charge in [-0.05, 0) is 37.4 Å². The summed E-state index contributed by atoms with van der Waals surface area (Å²) in [5, 5.41) is 8.13. The molecule has 5 heteroatoms. The fraction of sp³-hybridized carbons (Fsp3) is 0.500. The molecule has 0 bridgehead atoms. The average Bonchev–Trinajstić information content (AvgIpc) is 2.85. The summed E-state index contributed by atoms with van der Waals surface area (Å²) in [6, 6.07) is 9.65. The Morgan fingerprint density at radius 3 is 2.96 bits per heavy atom. The maximum absolute atomic E-state index is 4.32. The molecule has 2 heterocycles. The molecule has 0 spiro atoms. The van der Waals surface area contributed by atoms with Crippen LogP contribution in [0.5, 0.6) is 0 Å². The summed E-state index contributed by atoms with van der Waals surface area (Å²) in [7, 11) is 6.24. The van der Waals surface area contributed by atoms with E-state index in [2.05, 4.69) is 59.9 Å². The van der Waals surface area contributed by atoms with Gasteiger partial charge < -0.3 is 10.2 Å². The molecule has 23 heavy (non-hydrogen) atoms. The van der Waals surface area contributed by atoms with Gasteiger partial charge in [0.25, 0.3) is 0 Å². The van der Waals surface area contributed by atoms with E-state index in [1.807, 2.05) is 29.7 Å². The first-order valence-electron chi connectivity index (χ1n) is 8.19. The summed E-state index contributed by atoms with van der Waals surface area (Å²) in [5.41, 5.74) is 4.23. The van der Waals surface area contributed by atoms with E-state index >= 15 is 0 Å². The number of hydrogen-bond donors (Lipinski definition) is 1. The Hall–Kier alpha value is -1.30. The number of aromatic nitrogens is 2. The molecular weight excluding hydrogens is 304 g/mol. The van der Waals surface area contributed by atoms with Gasteiger partial charge in [0.05, 0.1) is 6.20 Å². The fourth-order valence-corrected chi connectivity index (χ4v) is 4.27. The van der Waals surface area contributed by atoms with Gasteiger partial charge in [-0.15, -0.1) is 0 Å². The Bertz CT molecular complexity index is 637. The molecule has 0 saturated carbocycles. The second kappa shape index (κ2) is 7.51. The van der Waals surface area contributed by atoms with E-state index in [0.717, 1.165) is 12.3 Å². The first kappa shape index (κ1) is 16.6. The largest absolute Gasteiger partial charge is 0.307 e. The molecule has 1 aliphatic rings. The monoisotopic (exact) mass is 330 g/mol. The van der Waals surface area contributed by atoms with Crippen molar-refractivity contribution in [2.75, 3.05) is 32.1 Å². The minimum absolute atomic E-state index is 0.337. The minimum Gasteiger partial charge on any atom is -0.307 e. The molecule has 1 aromatic carbocycles. The number of nitrogens with one attached hydrogen (secondary N) is 1. The van der Waals surface area contributed by atoms with Crippen molar-refractivity contribution in [3.8, 4) is 0 Å². The van der Waals surface area contributed by atoms with Crippen molar-refractivity contribution in [2.45, 2.75) is 18.5 Å². The van der Waals surface area contributed by atoms with E-state index in [9.17, 15) is 0 Å². The molecule has 1 N–H and O–H groups in total. The number of nitrogens with zero attached hydrogens (tertiary/aromatic N) is 3. The van der Waals surface area contributed by atoms with Crippen LogP contribution in [-0.4, -0.2) is 46.8 Å². The van der Waals surface area contributed by atoms with Crippen molar-refractivity contribution in [1.29, 1.82) is 0 Å². The predicted molar refractivity (Wildman–Crippen MR) is 97.9 cm³/mol. The van der Waals surface area contributed by atoms with Crippen molar-refractivity contribution in [2.24, 2.45) is 7.05 Å². The SMILES string of the molecule is CN(C)[C@H](CN[C@H]1CSCCc2ccccc21)c1cnn(C)c1. The van der Waals surface area contributed by atoms with Crippen molar-refractivity contribution in [1.82, 2.24) is 20.0 Å². The van der Waals surface area contributed by atoms with Gasteiger partial charge in [-0.1, -0.05) is 24.3 Å². The number of rotatable bonds is 5.